The normalized spacial score (nSPS) is 11.4. The van der Waals surface area contributed by atoms with Gasteiger partial charge in [-0.1, -0.05) is 34.1 Å². The van der Waals surface area contributed by atoms with Gasteiger partial charge in [0, 0.05) is 5.33 Å². The van der Waals surface area contributed by atoms with Crippen LogP contribution in [0.4, 0.5) is 0 Å². The lowest BCUT2D eigenvalue weighted by molar-refractivity contribution is 0.136. The Morgan fingerprint density at radius 1 is 1.31 bits per heavy atom. The van der Waals surface area contributed by atoms with E-state index in [9.17, 15) is 0 Å². The number of ether oxygens (including phenoxy) is 1. The van der Waals surface area contributed by atoms with Crippen molar-refractivity contribution in [2.75, 3.05) is 5.33 Å². The Hall–Kier alpha value is -0.500. The maximum atomic E-state index is 5.83. The fourth-order valence-corrected chi connectivity index (χ4v) is 1.11. The van der Waals surface area contributed by atoms with Crippen molar-refractivity contribution < 1.29 is 4.74 Å². The molecule has 0 fully saturated rings. The molecule has 0 N–H and O–H groups in total. The van der Waals surface area contributed by atoms with Crippen LogP contribution in [0.2, 0.25) is 0 Å². The Bertz CT molecular complexity index is 281. The number of hydrogen-bond acceptors (Lipinski definition) is 1. The molecule has 1 aromatic rings. The number of hydrogen-bond donors (Lipinski definition) is 0. The summed E-state index contributed by atoms with van der Waals surface area (Å²) in [5.41, 5.74) is 1.03. The summed E-state index contributed by atoms with van der Waals surface area (Å²) >= 11 is 3.43. The fraction of sp³-hybridized carbons (Fsp3) is 0.455. The molecule has 0 amide bonds. The van der Waals surface area contributed by atoms with Crippen molar-refractivity contribution in [1.29, 1.82) is 0 Å². The van der Waals surface area contributed by atoms with E-state index in [2.05, 4.69) is 42.8 Å². The van der Waals surface area contributed by atoms with Gasteiger partial charge in [-0.05, 0) is 32.4 Å². The summed E-state index contributed by atoms with van der Waals surface area (Å²) in [5.74, 6) is 0.965. The molecule has 0 aromatic heterocycles. The number of aryl methyl sites for hydroxylation is 1. The molecule has 0 radical (unpaired) electrons. The lowest BCUT2D eigenvalue weighted by Crippen LogP contribution is -2.30. The van der Waals surface area contributed by atoms with Crippen LogP contribution in [0.3, 0.4) is 0 Å². The van der Waals surface area contributed by atoms with E-state index in [0.717, 1.165) is 11.1 Å². The lowest BCUT2D eigenvalue weighted by Gasteiger charge is -2.24. The minimum Gasteiger partial charge on any atom is -0.487 e. The number of rotatable bonds is 3. The first-order valence-corrected chi connectivity index (χ1v) is 5.48. The van der Waals surface area contributed by atoms with Crippen molar-refractivity contribution >= 4 is 15.9 Å². The predicted octanol–water partition coefficient (Wildman–Crippen LogP) is 3.55. The van der Waals surface area contributed by atoms with Crippen LogP contribution in [0.25, 0.3) is 0 Å². The van der Waals surface area contributed by atoms with Gasteiger partial charge in [0.15, 0.2) is 0 Å². The van der Waals surface area contributed by atoms with Gasteiger partial charge < -0.3 is 4.74 Å². The molecule has 1 nitrogen and oxygen atoms in total. The zero-order valence-corrected chi connectivity index (χ0v) is 9.89. The summed E-state index contributed by atoms with van der Waals surface area (Å²) in [4.78, 5) is 0. The van der Waals surface area contributed by atoms with Gasteiger partial charge in [-0.2, -0.15) is 0 Å². The second kappa shape index (κ2) is 4.14. The molecule has 13 heavy (non-hydrogen) atoms. The molecule has 1 aromatic carbocycles. The first-order chi connectivity index (χ1) is 6.05. The van der Waals surface area contributed by atoms with Crippen molar-refractivity contribution in [2.45, 2.75) is 26.4 Å². The molecule has 0 saturated carbocycles. The summed E-state index contributed by atoms with van der Waals surface area (Å²) in [5, 5.41) is 0.828. The molecule has 1 rings (SSSR count). The standard InChI is InChI=1S/C11H15BrO/c1-9-6-4-5-7-10(9)13-11(2,3)8-12/h4-7H,8H2,1-3H3. The van der Waals surface area contributed by atoms with Crippen molar-refractivity contribution in [3.63, 3.8) is 0 Å². The molecule has 0 unspecified atom stereocenters. The molecule has 0 spiro atoms. The molecule has 0 aliphatic carbocycles. The summed E-state index contributed by atoms with van der Waals surface area (Å²) < 4.78 is 5.83. The van der Waals surface area contributed by atoms with Crippen molar-refractivity contribution in [3.05, 3.63) is 29.8 Å². The van der Waals surface area contributed by atoms with E-state index in [1.165, 1.54) is 5.56 Å². The molecule has 2 heteroatoms. The van der Waals surface area contributed by atoms with Crippen LogP contribution < -0.4 is 4.74 Å². The number of benzene rings is 1. The van der Waals surface area contributed by atoms with Crippen LogP contribution in [-0.4, -0.2) is 10.9 Å². The monoisotopic (exact) mass is 242 g/mol. The van der Waals surface area contributed by atoms with Gasteiger partial charge in [0.05, 0.1) is 0 Å². The third-order valence-electron chi connectivity index (χ3n) is 1.80. The van der Waals surface area contributed by atoms with E-state index in [-0.39, 0.29) is 5.60 Å². The summed E-state index contributed by atoms with van der Waals surface area (Å²) in [6.45, 7) is 6.18. The minimum absolute atomic E-state index is 0.147. The average Bonchev–Trinajstić information content (AvgIpc) is 2.09. The van der Waals surface area contributed by atoms with E-state index in [1.54, 1.807) is 0 Å². The molecule has 0 heterocycles. The quantitative estimate of drug-likeness (QED) is 0.737. The van der Waals surface area contributed by atoms with Crippen LogP contribution in [0, 0.1) is 6.92 Å². The highest BCUT2D eigenvalue weighted by Gasteiger charge is 2.18. The smallest absolute Gasteiger partial charge is 0.123 e. The number of halogens is 1. The third kappa shape index (κ3) is 3.03. The SMILES string of the molecule is Cc1ccccc1OC(C)(C)CBr. The third-order valence-corrected chi connectivity index (χ3v) is 3.15. The Morgan fingerprint density at radius 3 is 2.46 bits per heavy atom. The van der Waals surface area contributed by atoms with E-state index in [1.807, 2.05) is 18.2 Å². The van der Waals surface area contributed by atoms with E-state index >= 15 is 0 Å². The number of para-hydroxylation sites is 1. The molecule has 0 atom stereocenters. The topological polar surface area (TPSA) is 9.23 Å². The Morgan fingerprint density at radius 2 is 1.92 bits per heavy atom. The molecule has 72 valence electrons. The first kappa shape index (κ1) is 10.6. The van der Waals surface area contributed by atoms with E-state index < -0.39 is 0 Å². The van der Waals surface area contributed by atoms with Gasteiger partial charge in [-0.15, -0.1) is 0 Å². The van der Waals surface area contributed by atoms with Crippen molar-refractivity contribution in [3.8, 4) is 5.75 Å². The molecule has 0 aliphatic heterocycles. The molecule has 0 bridgehead atoms. The zero-order chi connectivity index (χ0) is 9.90. The predicted molar refractivity (Wildman–Crippen MR) is 59.7 cm³/mol. The average molecular weight is 243 g/mol. The summed E-state index contributed by atoms with van der Waals surface area (Å²) in [6.07, 6.45) is 0. The molecular weight excluding hydrogens is 228 g/mol. The largest absolute Gasteiger partial charge is 0.487 e. The van der Waals surface area contributed by atoms with E-state index in [4.69, 9.17) is 4.74 Å². The maximum absolute atomic E-state index is 5.83. The Balaban J connectivity index is 2.80. The van der Waals surface area contributed by atoms with Crippen LogP contribution in [0.1, 0.15) is 19.4 Å². The Kier molecular flexibility index (Phi) is 3.37. The van der Waals surface area contributed by atoms with Gasteiger partial charge in [0.2, 0.25) is 0 Å². The zero-order valence-electron chi connectivity index (χ0n) is 8.30. The van der Waals surface area contributed by atoms with Gasteiger partial charge in [0.1, 0.15) is 11.4 Å². The van der Waals surface area contributed by atoms with E-state index in [0.29, 0.717) is 0 Å². The van der Waals surface area contributed by atoms with Crippen LogP contribution in [0.15, 0.2) is 24.3 Å². The van der Waals surface area contributed by atoms with Crippen LogP contribution in [-0.2, 0) is 0 Å². The highest BCUT2D eigenvalue weighted by atomic mass is 79.9. The minimum atomic E-state index is -0.147. The van der Waals surface area contributed by atoms with Gasteiger partial charge in [0.25, 0.3) is 0 Å². The first-order valence-electron chi connectivity index (χ1n) is 4.36. The second-order valence-corrected chi connectivity index (χ2v) is 4.32. The highest BCUT2D eigenvalue weighted by molar-refractivity contribution is 9.09. The van der Waals surface area contributed by atoms with Gasteiger partial charge in [-0.25, -0.2) is 0 Å². The number of alkyl halides is 1. The highest BCUT2D eigenvalue weighted by Crippen LogP contribution is 2.23. The summed E-state index contributed by atoms with van der Waals surface area (Å²) in [7, 11) is 0. The van der Waals surface area contributed by atoms with Crippen LogP contribution in [0.5, 0.6) is 5.75 Å². The molecule has 0 aliphatic rings. The molecular formula is C11H15BrO. The lowest BCUT2D eigenvalue weighted by atomic mass is 10.1. The second-order valence-electron chi connectivity index (χ2n) is 3.76. The van der Waals surface area contributed by atoms with Crippen LogP contribution >= 0.6 is 15.9 Å². The molecule has 0 saturated heterocycles. The van der Waals surface area contributed by atoms with Gasteiger partial charge in [-0.3, -0.25) is 0 Å². The van der Waals surface area contributed by atoms with Crippen molar-refractivity contribution in [1.82, 2.24) is 0 Å². The Labute approximate surface area is 88.2 Å². The fourth-order valence-electron chi connectivity index (χ4n) is 0.996. The summed E-state index contributed by atoms with van der Waals surface area (Å²) in [6, 6.07) is 8.06. The van der Waals surface area contributed by atoms with Gasteiger partial charge >= 0.3 is 0 Å². The van der Waals surface area contributed by atoms with Crippen molar-refractivity contribution in [2.24, 2.45) is 0 Å². The maximum Gasteiger partial charge on any atom is 0.123 e.